The van der Waals surface area contributed by atoms with Gasteiger partial charge in [0, 0.05) is 25.8 Å². The van der Waals surface area contributed by atoms with Gasteiger partial charge in [0.1, 0.15) is 5.75 Å². The van der Waals surface area contributed by atoms with Gasteiger partial charge in [-0.05, 0) is 64.3 Å². The molecule has 2 aromatic rings. The predicted octanol–water partition coefficient (Wildman–Crippen LogP) is 2.66. The van der Waals surface area contributed by atoms with Crippen molar-refractivity contribution in [3.63, 3.8) is 0 Å². The third-order valence-corrected chi connectivity index (χ3v) is 4.71. The number of hydrogen-bond acceptors (Lipinski definition) is 4. The Labute approximate surface area is 174 Å². The van der Waals surface area contributed by atoms with Gasteiger partial charge in [0.05, 0.1) is 24.4 Å². The number of benzene rings is 1. The van der Waals surface area contributed by atoms with Gasteiger partial charge in [-0.1, -0.05) is 12.1 Å². The number of aliphatic hydroxyl groups is 1. The number of aromatic nitrogens is 2. The summed E-state index contributed by atoms with van der Waals surface area (Å²) in [7, 11) is 1.97. The Morgan fingerprint density at radius 2 is 2.03 bits per heavy atom. The van der Waals surface area contributed by atoms with Crippen LogP contribution in [0.4, 0.5) is 0 Å². The highest BCUT2D eigenvalue weighted by Gasteiger charge is 2.11. The van der Waals surface area contributed by atoms with Gasteiger partial charge in [-0.15, -0.1) is 0 Å². The van der Waals surface area contributed by atoms with Gasteiger partial charge in [0.25, 0.3) is 0 Å². The standard InChI is InChI=1S/C22H35N5O2/c1-7-23-22(24-12-11-20-16(4)26-27(6)17(20)5)25-14-21(28)18-9-8-10-19(13-18)29-15(2)3/h8-10,13,15,21,28H,7,11-12,14H2,1-6H3,(H2,23,24,25). The van der Waals surface area contributed by atoms with Crippen LogP contribution in [0.3, 0.4) is 0 Å². The predicted molar refractivity (Wildman–Crippen MR) is 118 cm³/mol. The van der Waals surface area contributed by atoms with Crippen LogP contribution in [0, 0.1) is 13.8 Å². The van der Waals surface area contributed by atoms with Crippen LogP contribution in [0.2, 0.25) is 0 Å². The Morgan fingerprint density at radius 1 is 1.28 bits per heavy atom. The summed E-state index contributed by atoms with van der Waals surface area (Å²) >= 11 is 0. The average molecular weight is 402 g/mol. The highest BCUT2D eigenvalue weighted by Crippen LogP contribution is 2.20. The summed E-state index contributed by atoms with van der Waals surface area (Å²) in [6, 6.07) is 7.55. The maximum absolute atomic E-state index is 10.5. The van der Waals surface area contributed by atoms with Gasteiger partial charge in [0.15, 0.2) is 5.96 Å². The summed E-state index contributed by atoms with van der Waals surface area (Å²) < 4.78 is 7.62. The fourth-order valence-electron chi connectivity index (χ4n) is 3.18. The zero-order valence-corrected chi connectivity index (χ0v) is 18.5. The molecule has 1 atom stereocenters. The van der Waals surface area contributed by atoms with Crippen molar-refractivity contribution in [3.05, 3.63) is 46.8 Å². The SMILES string of the molecule is CCNC(=NCC(O)c1cccc(OC(C)C)c1)NCCc1c(C)nn(C)c1C. The summed E-state index contributed by atoms with van der Waals surface area (Å²) in [4.78, 5) is 4.54. The van der Waals surface area contributed by atoms with Crippen molar-refractivity contribution in [2.24, 2.45) is 12.0 Å². The molecule has 160 valence electrons. The van der Waals surface area contributed by atoms with Crippen LogP contribution in [-0.2, 0) is 13.5 Å². The number of aliphatic hydroxyl groups excluding tert-OH is 1. The molecule has 0 bridgehead atoms. The minimum absolute atomic E-state index is 0.0945. The molecule has 0 aliphatic rings. The number of nitrogens with zero attached hydrogens (tertiary/aromatic N) is 3. The first-order valence-corrected chi connectivity index (χ1v) is 10.3. The first-order chi connectivity index (χ1) is 13.8. The lowest BCUT2D eigenvalue weighted by atomic mass is 10.1. The molecule has 0 amide bonds. The smallest absolute Gasteiger partial charge is 0.191 e. The van der Waals surface area contributed by atoms with Crippen LogP contribution < -0.4 is 15.4 Å². The molecular weight excluding hydrogens is 366 g/mol. The topological polar surface area (TPSA) is 83.7 Å². The molecule has 1 aromatic heterocycles. The molecule has 1 heterocycles. The van der Waals surface area contributed by atoms with E-state index in [-0.39, 0.29) is 12.6 Å². The normalized spacial score (nSPS) is 12.9. The van der Waals surface area contributed by atoms with Crippen LogP contribution in [-0.4, -0.2) is 46.6 Å². The summed E-state index contributed by atoms with van der Waals surface area (Å²) in [5.41, 5.74) is 4.31. The third-order valence-electron chi connectivity index (χ3n) is 4.71. The summed E-state index contributed by atoms with van der Waals surface area (Å²) in [6.45, 7) is 11.9. The number of aryl methyl sites for hydroxylation is 2. The number of nitrogens with one attached hydrogen (secondary N) is 2. The molecule has 0 saturated heterocycles. The van der Waals surface area contributed by atoms with E-state index in [0.29, 0.717) is 5.96 Å². The maximum Gasteiger partial charge on any atom is 0.191 e. The molecule has 0 aliphatic heterocycles. The zero-order valence-electron chi connectivity index (χ0n) is 18.5. The Bertz CT molecular complexity index is 814. The summed E-state index contributed by atoms with van der Waals surface area (Å²) in [5.74, 6) is 1.45. The minimum atomic E-state index is -0.691. The Kier molecular flexibility index (Phi) is 8.51. The fraction of sp³-hybridized carbons (Fsp3) is 0.545. The zero-order chi connectivity index (χ0) is 21.4. The Morgan fingerprint density at radius 3 is 2.66 bits per heavy atom. The van der Waals surface area contributed by atoms with Crippen LogP contribution in [0.25, 0.3) is 0 Å². The molecule has 0 fully saturated rings. The monoisotopic (exact) mass is 401 g/mol. The van der Waals surface area contributed by atoms with E-state index in [1.54, 1.807) is 0 Å². The second-order valence-electron chi connectivity index (χ2n) is 7.42. The fourth-order valence-corrected chi connectivity index (χ4v) is 3.18. The molecule has 2 rings (SSSR count). The lowest BCUT2D eigenvalue weighted by molar-refractivity contribution is 0.185. The van der Waals surface area contributed by atoms with Crippen LogP contribution in [0.5, 0.6) is 5.75 Å². The molecule has 3 N–H and O–H groups in total. The van der Waals surface area contributed by atoms with Crippen LogP contribution in [0.15, 0.2) is 29.3 Å². The first-order valence-electron chi connectivity index (χ1n) is 10.3. The van der Waals surface area contributed by atoms with E-state index >= 15 is 0 Å². The van der Waals surface area contributed by atoms with Gasteiger partial charge in [0.2, 0.25) is 0 Å². The maximum atomic E-state index is 10.5. The molecule has 29 heavy (non-hydrogen) atoms. The van der Waals surface area contributed by atoms with Crippen LogP contribution in [0.1, 0.15) is 49.4 Å². The lowest BCUT2D eigenvalue weighted by Crippen LogP contribution is -2.38. The van der Waals surface area contributed by atoms with Crippen molar-refractivity contribution in [3.8, 4) is 5.75 Å². The molecule has 7 nitrogen and oxygen atoms in total. The first kappa shape index (κ1) is 22.7. The summed E-state index contributed by atoms with van der Waals surface area (Å²) in [6.07, 6.45) is 0.272. The van der Waals surface area contributed by atoms with Gasteiger partial charge < -0.3 is 20.5 Å². The van der Waals surface area contributed by atoms with Crippen molar-refractivity contribution in [2.45, 2.75) is 53.2 Å². The van der Waals surface area contributed by atoms with E-state index in [0.717, 1.165) is 36.5 Å². The van der Waals surface area contributed by atoms with Gasteiger partial charge in [-0.2, -0.15) is 5.10 Å². The van der Waals surface area contributed by atoms with E-state index < -0.39 is 6.10 Å². The molecule has 0 aliphatic carbocycles. The van der Waals surface area contributed by atoms with Gasteiger partial charge >= 0.3 is 0 Å². The number of hydrogen-bond donors (Lipinski definition) is 3. The largest absolute Gasteiger partial charge is 0.491 e. The highest BCUT2D eigenvalue weighted by atomic mass is 16.5. The second kappa shape index (κ2) is 10.9. The van der Waals surface area contributed by atoms with Crippen molar-refractivity contribution in [1.82, 2.24) is 20.4 Å². The number of ether oxygens (including phenoxy) is 1. The molecule has 0 saturated carbocycles. The molecule has 0 radical (unpaired) electrons. The Balaban J connectivity index is 1.95. The summed E-state index contributed by atoms with van der Waals surface area (Å²) in [5, 5.41) is 21.6. The molecule has 0 spiro atoms. The molecular formula is C22H35N5O2. The van der Waals surface area contributed by atoms with Gasteiger partial charge in [-0.3, -0.25) is 9.67 Å². The Hall–Kier alpha value is -2.54. The second-order valence-corrected chi connectivity index (χ2v) is 7.42. The van der Waals surface area contributed by atoms with E-state index in [1.807, 2.05) is 63.7 Å². The quantitative estimate of drug-likeness (QED) is 0.444. The molecule has 7 heteroatoms. The highest BCUT2D eigenvalue weighted by molar-refractivity contribution is 5.79. The van der Waals surface area contributed by atoms with Crippen molar-refractivity contribution in [2.75, 3.05) is 19.6 Å². The number of rotatable bonds is 9. The number of aliphatic imine (C=N–C) groups is 1. The van der Waals surface area contributed by atoms with Crippen LogP contribution >= 0.6 is 0 Å². The van der Waals surface area contributed by atoms with E-state index in [9.17, 15) is 5.11 Å². The third kappa shape index (κ3) is 6.78. The molecule has 1 aromatic carbocycles. The lowest BCUT2D eigenvalue weighted by Gasteiger charge is -2.15. The van der Waals surface area contributed by atoms with E-state index in [2.05, 4.69) is 27.6 Å². The number of guanidine groups is 1. The van der Waals surface area contributed by atoms with E-state index in [1.165, 1.54) is 11.3 Å². The minimum Gasteiger partial charge on any atom is -0.491 e. The van der Waals surface area contributed by atoms with Crippen molar-refractivity contribution in [1.29, 1.82) is 0 Å². The van der Waals surface area contributed by atoms with Gasteiger partial charge in [-0.25, -0.2) is 0 Å². The molecule has 1 unspecified atom stereocenters. The van der Waals surface area contributed by atoms with Crippen molar-refractivity contribution >= 4 is 5.96 Å². The van der Waals surface area contributed by atoms with E-state index in [4.69, 9.17) is 4.74 Å². The van der Waals surface area contributed by atoms with Crippen molar-refractivity contribution < 1.29 is 9.84 Å². The average Bonchev–Trinajstić information content (AvgIpc) is 2.91.